The van der Waals surface area contributed by atoms with E-state index in [9.17, 15) is 10.1 Å². The third-order valence-electron chi connectivity index (χ3n) is 3.42. The monoisotopic (exact) mass is 386 g/mol. The van der Waals surface area contributed by atoms with Crippen molar-refractivity contribution in [3.05, 3.63) is 64.1 Å². The molecule has 2 heterocycles. The number of para-hydroxylation sites is 2. The molecule has 0 saturated heterocycles. The Kier molecular flexibility index (Phi) is 5.62. The molecule has 3 rings (SSSR count). The number of pyridine rings is 1. The third-order valence-corrected chi connectivity index (χ3v) is 3.64. The molecule has 0 bridgehead atoms. The van der Waals surface area contributed by atoms with Crippen LogP contribution in [0.5, 0.6) is 5.75 Å². The topological polar surface area (TPSA) is 115 Å². The SMILES string of the molecule is CCOc1ccccc1Nc1ncnc(Nc2ccc(Cl)cn2)c1[N+](=O)[O-]. The average Bonchev–Trinajstić information content (AvgIpc) is 2.65. The van der Waals surface area contributed by atoms with Gasteiger partial charge in [-0.1, -0.05) is 23.7 Å². The maximum absolute atomic E-state index is 11.7. The second-order valence-electron chi connectivity index (χ2n) is 5.22. The second-order valence-corrected chi connectivity index (χ2v) is 5.65. The Morgan fingerprint density at radius 3 is 2.52 bits per heavy atom. The number of nitrogens with one attached hydrogen (secondary N) is 2. The number of ether oxygens (including phenoxy) is 1. The summed E-state index contributed by atoms with van der Waals surface area (Å²) in [6.07, 6.45) is 2.64. The molecule has 0 saturated carbocycles. The highest BCUT2D eigenvalue weighted by atomic mass is 35.5. The molecule has 1 aromatic carbocycles. The Morgan fingerprint density at radius 1 is 1.11 bits per heavy atom. The third kappa shape index (κ3) is 4.39. The van der Waals surface area contributed by atoms with Gasteiger partial charge in [-0.25, -0.2) is 15.0 Å². The number of rotatable bonds is 7. The number of halogens is 1. The van der Waals surface area contributed by atoms with Crippen LogP contribution in [0.15, 0.2) is 48.9 Å². The van der Waals surface area contributed by atoms with E-state index in [4.69, 9.17) is 16.3 Å². The van der Waals surface area contributed by atoms with Crippen molar-refractivity contribution in [3.8, 4) is 5.75 Å². The van der Waals surface area contributed by atoms with Crippen LogP contribution in [0.4, 0.5) is 28.8 Å². The van der Waals surface area contributed by atoms with Crippen LogP contribution in [-0.2, 0) is 0 Å². The second kappa shape index (κ2) is 8.28. The lowest BCUT2D eigenvalue weighted by Gasteiger charge is -2.13. The first-order valence-corrected chi connectivity index (χ1v) is 8.33. The number of nitrogens with zero attached hydrogens (tertiary/aromatic N) is 4. The molecule has 27 heavy (non-hydrogen) atoms. The minimum Gasteiger partial charge on any atom is -0.492 e. The zero-order valence-corrected chi connectivity index (χ0v) is 15.0. The number of hydrogen-bond acceptors (Lipinski definition) is 8. The molecule has 2 aromatic heterocycles. The van der Waals surface area contributed by atoms with Crippen LogP contribution in [0, 0.1) is 10.1 Å². The van der Waals surface area contributed by atoms with Crippen LogP contribution >= 0.6 is 11.6 Å². The number of benzene rings is 1. The van der Waals surface area contributed by atoms with E-state index in [0.29, 0.717) is 28.9 Å². The summed E-state index contributed by atoms with van der Waals surface area (Å²) in [6, 6.07) is 10.3. The van der Waals surface area contributed by atoms with Gasteiger partial charge in [-0.15, -0.1) is 0 Å². The molecule has 9 nitrogen and oxygen atoms in total. The van der Waals surface area contributed by atoms with Gasteiger partial charge in [0.2, 0.25) is 11.6 Å². The first kappa shape index (κ1) is 18.3. The van der Waals surface area contributed by atoms with Gasteiger partial charge in [0.1, 0.15) is 17.9 Å². The summed E-state index contributed by atoms with van der Waals surface area (Å²) < 4.78 is 5.53. The van der Waals surface area contributed by atoms with Crippen molar-refractivity contribution < 1.29 is 9.66 Å². The number of aromatic nitrogens is 3. The molecular formula is C17H15ClN6O3. The summed E-state index contributed by atoms with van der Waals surface area (Å²) in [5, 5.41) is 17.9. The van der Waals surface area contributed by atoms with Crippen LogP contribution < -0.4 is 15.4 Å². The number of hydrogen-bond donors (Lipinski definition) is 2. The van der Waals surface area contributed by atoms with Gasteiger partial charge in [0.05, 0.1) is 22.2 Å². The highest BCUT2D eigenvalue weighted by molar-refractivity contribution is 6.30. The molecule has 0 aliphatic rings. The molecule has 2 N–H and O–H groups in total. The van der Waals surface area contributed by atoms with E-state index in [2.05, 4.69) is 25.6 Å². The lowest BCUT2D eigenvalue weighted by Crippen LogP contribution is -2.06. The summed E-state index contributed by atoms with van der Waals surface area (Å²) in [5.74, 6) is 0.948. The molecule has 0 amide bonds. The van der Waals surface area contributed by atoms with Crippen molar-refractivity contribution in [2.24, 2.45) is 0 Å². The van der Waals surface area contributed by atoms with E-state index >= 15 is 0 Å². The van der Waals surface area contributed by atoms with Gasteiger partial charge in [0.25, 0.3) is 0 Å². The predicted octanol–water partition coefficient (Wildman–Crippen LogP) is 4.32. The van der Waals surface area contributed by atoms with Crippen molar-refractivity contribution in [3.63, 3.8) is 0 Å². The Morgan fingerprint density at radius 2 is 1.85 bits per heavy atom. The van der Waals surface area contributed by atoms with Crippen LogP contribution in [0.2, 0.25) is 5.02 Å². The van der Waals surface area contributed by atoms with Gasteiger partial charge < -0.3 is 15.4 Å². The van der Waals surface area contributed by atoms with Gasteiger partial charge in [-0.3, -0.25) is 10.1 Å². The average molecular weight is 387 g/mol. The van der Waals surface area contributed by atoms with Gasteiger partial charge in [0.15, 0.2) is 0 Å². The van der Waals surface area contributed by atoms with Gasteiger partial charge in [0, 0.05) is 6.20 Å². The summed E-state index contributed by atoms with van der Waals surface area (Å²) in [6.45, 7) is 2.31. The predicted molar refractivity (Wildman–Crippen MR) is 102 cm³/mol. The van der Waals surface area contributed by atoms with Gasteiger partial charge in [-0.2, -0.15) is 0 Å². The van der Waals surface area contributed by atoms with Crippen LogP contribution in [0.1, 0.15) is 6.92 Å². The van der Waals surface area contributed by atoms with Crippen molar-refractivity contribution in [2.45, 2.75) is 6.92 Å². The van der Waals surface area contributed by atoms with E-state index in [-0.39, 0.29) is 17.3 Å². The maximum atomic E-state index is 11.7. The summed E-state index contributed by atoms with van der Waals surface area (Å²) >= 11 is 5.81. The standard InChI is InChI=1S/C17H15ClN6O3/c1-2-27-13-6-4-3-5-12(13)22-16-15(24(25)26)17(21-10-20-16)23-14-8-7-11(18)9-19-14/h3-10H,2H2,1H3,(H2,19,20,21,22,23). The molecule has 10 heteroatoms. The fourth-order valence-corrected chi connectivity index (χ4v) is 2.40. The Bertz CT molecular complexity index is 952. The number of nitro groups is 1. The molecule has 3 aromatic rings. The Hall–Kier alpha value is -3.46. The van der Waals surface area contributed by atoms with E-state index in [0.717, 1.165) is 0 Å². The van der Waals surface area contributed by atoms with E-state index < -0.39 is 4.92 Å². The van der Waals surface area contributed by atoms with Gasteiger partial charge >= 0.3 is 5.69 Å². The van der Waals surface area contributed by atoms with E-state index in [1.807, 2.05) is 13.0 Å². The van der Waals surface area contributed by atoms with Crippen molar-refractivity contribution in [1.82, 2.24) is 15.0 Å². The summed E-state index contributed by atoms with van der Waals surface area (Å²) in [5.41, 5.74) is 0.234. The Balaban J connectivity index is 1.97. The first-order chi connectivity index (χ1) is 13.1. The lowest BCUT2D eigenvalue weighted by molar-refractivity contribution is -0.383. The van der Waals surface area contributed by atoms with Crippen LogP contribution in [0.3, 0.4) is 0 Å². The lowest BCUT2D eigenvalue weighted by atomic mass is 10.3. The normalized spacial score (nSPS) is 10.3. The van der Waals surface area contributed by atoms with E-state index in [1.165, 1.54) is 12.5 Å². The minimum absolute atomic E-state index is 0.00112. The zero-order chi connectivity index (χ0) is 19.2. The zero-order valence-electron chi connectivity index (χ0n) is 14.2. The van der Waals surface area contributed by atoms with Crippen LogP contribution in [-0.4, -0.2) is 26.5 Å². The highest BCUT2D eigenvalue weighted by Gasteiger charge is 2.24. The molecule has 0 spiro atoms. The first-order valence-electron chi connectivity index (χ1n) is 7.95. The van der Waals surface area contributed by atoms with Crippen molar-refractivity contribution >= 4 is 40.4 Å². The molecule has 0 radical (unpaired) electrons. The number of anilines is 4. The quantitative estimate of drug-likeness (QED) is 0.455. The van der Waals surface area contributed by atoms with Gasteiger partial charge in [-0.05, 0) is 31.2 Å². The molecule has 0 aliphatic carbocycles. The fourth-order valence-electron chi connectivity index (χ4n) is 2.28. The van der Waals surface area contributed by atoms with Crippen molar-refractivity contribution in [2.75, 3.05) is 17.2 Å². The van der Waals surface area contributed by atoms with Crippen LogP contribution in [0.25, 0.3) is 0 Å². The maximum Gasteiger partial charge on any atom is 0.353 e. The molecule has 0 atom stereocenters. The smallest absolute Gasteiger partial charge is 0.353 e. The molecule has 0 unspecified atom stereocenters. The van der Waals surface area contributed by atoms with Crippen molar-refractivity contribution in [1.29, 1.82) is 0 Å². The fraction of sp³-hybridized carbons (Fsp3) is 0.118. The summed E-state index contributed by atoms with van der Waals surface area (Å²) in [7, 11) is 0. The molecule has 138 valence electrons. The molecule has 0 fully saturated rings. The van der Waals surface area contributed by atoms with E-state index in [1.54, 1.807) is 30.3 Å². The Labute approximate surface area is 159 Å². The molecule has 0 aliphatic heterocycles. The largest absolute Gasteiger partial charge is 0.492 e. The summed E-state index contributed by atoms with van der Waals surface area (Å²) in [4.78, 5) is 23.1. The highest BCUT2D eigenvalue weighted by Crippen LogP contribution is 2.35. The minimum atomic E-state index is -0.566. The molecular weight excluding hydrogens is 372 g/mol.